The normalized spacial score (nSPS) is 18.4. The van der Waals surface area contributed by atoms with Gasteiger partial charge in [-0.3, -0.25) is 4.68 Å². The second kappa shape index (κ2) is 4.97. The molecule has 1 aliphatic carbocycles. The molecule has 1 saturated carbocycles. The maximum atomic E-state index is 9.05. The molecule has 0 amide bonds. The molecule has 0 aromatic carbocycles. The molecule has 1 aliphatic rings. The SMILES string of the molecule is Cn1cc(CNCC2(CCO)CCC2)cn1. The lowest BCUT2D eigenvalue weighted by Gasteiger charge is -2.42. The van der Waals surface area contributed by atoms with Crippen molar-refractivity contribution in [2.45, 2.75) is 32.2 Å². The fraction of sp³-hybridized carbons (Fsp3) is 0.750. The number of aromatic nitrogens is 2. The van der Waals surface area contributed by atoms with Crippen molar-refractivity contribution in [2.75, 3.05) is 13.2 Å². The van der Waals surface area contributed by atoms with Gasteiger partial charge in [0.05, 0.1) is 6.20 Å². The van der Waals surface area contributed by atoms with Gasteiger partial charge in [0, 0.05) is 38.5 Å². The Balaban J connectivity index is 1.74. The molecular formula is C12H21N3O. The van der Waals surface area contributed by atoms with E-state index in [4.69, 9.17) is 5.11 Å². The predicted molar refractivity (Wildman–Crippen MR) is 62.9 cm³/mol. The maximum Gasteiger partial charge on any atom is 0.0534 e. The molecule has 4 heteroatoms. The summed E-state index contributed by atoms with van der Waals surface area (Å²) >= 11 is 0. The van der Waals surface area contributed by atoms with Crippen molar-refractivity contribution in [1.29, 1.82) is 0 Å². The number of hydrogen-bond acceptors (Lipinski definition) is 3. The van der Waals surface area contributed by atoms with Crippen molar-refractivity contribution in [3.63, 3.8) is 0 Å². The number of nitrogens with zero attached hydrogens (tertiary/aromatic N) is 2. The van der Waals surface area contributed by atoms with Crippen molar-refractivity contribution in [2.24, 2.45) is 12.5 Å². The van der Waals surface area contributed by atoms with Crippen molar-refractivity contribution < 1.29 is 5.11 Å². The molecule has 2 N–H and O–H groups in total. The summed E-state index contributed by atoms with van der Waals surface area (Å²) in [6, 6.07) is 0. The van der Waals surface area contributed by atoms with E-state index in [1.54, 1.807) is 0 Å². The summed E-state index contributed by atoms with van der Waals surface area (Å²) in [5, 5.41) is 16.7. The van der Waals surface area contributed by atoms with Gasteiger partial charge in [-0.1, -0.05) is 6.42 Å². The molecule has 0 spiro atoms. The van der Waals surface area contributed by atoms with E-state index < -0.39 is 0 Å². The van der Waals surface area contributed by atoms with Crippen LogP contribution in [0.4, 0.5) is 0 Å². The van der Waals surface area contributed by atoms with Gasteiger partial charge in [-0.25, -0.2) is 0 Å². The van der Waals surface area contributed by atoms with Crippen LogP contribution in [0.5, 0.6) is 0 Å². The molecular weight excluding hydrogens is 202 g/mol. The first-order chi connectivity index (χ1) is 7.74. The molecule has 0 unspecified atom stereocenters. The third kappa shape index (κ3) is 2.62. The van der Waals surface area contributed by atoms with Gasteiger partial charge in [0.25, 0.3) is 0 Å². The van der Waals surface area contributed by atoms with Crippen LogP contribution >= 0.6 is 0 Å². The highest BCUT2D eigenvalue weighted by atomic mass is 16.3. The van der Waals surface area contributed by atoms with Crippen LogP contribution in [0, 0.1) is 5.41 Å². The Kier molecular flexibility index (Phi) is 3.61. The third-order valence-corrected chi connectivity index (χ3v) is 3.64. The van der Waals surface area contributed by atoms with Crippen LogP contribution in [0.25, 0.3) is 0 Å². The van der Waals surface area contributed by atoms with Crippen LogP contribution in [0.15, 0.2) is 12.4 Å². The number of aliphatic hydroxyl groups excluding tert-OH is 1. The third-order valence-electron chi connectivity index (χ3n) is 3.64. The molecule has 0 atom stereocenters. The smallest absolute Gasteiger partial charge is 0.0534 e. The van der Waals surface area contributed by atoms with Gasteiger partial charge in [-0.05, 0) is 24.7 Å². The Morgan fingerprint density at radius 1 is 1.56 bits per heavy atom. The van der Waals surface area contributed by atoms with Crippen LogP contribution in [-0.4, -0.2) is 28.0 Å². The monoisotopic (exact) mass is 223 g/mol. The molecule has 16 heavy (non-hydrogen) atoms. The quantitative estimate of drug-likeness (QED) is 0.758. The molecule has 2 rings (SSSR count). The van der Waals surface area contributed by atoms with Crippen LogP contribution < -0.4 is 5.32 Å². The molecule has 1 aromatic heterocycles. The van der Waals surface area contributed by atoms with Gasteiger partial charge >= 0.3 is 0 Å². The van der Waals surface area contributed by atoms with Crippen molar-refractivity contribution in [3.05, 3.63) is 18.0 Å². The molecule has 0 radical (unpaired) electrons. The first-order valence-corrected chi connectivity index (χ1v) is 6.03. The average Bonchev–Trinajstić information content (AvgIpc) is 2.60. The van der Waals surface area contributed by atoms with E-state index in [0.717, 1.165) is 19.5 Å². The van der Waals surface area contributed by atoms with Gasteiger partial charge in [-0.15, -0.1) is 0 Å². The van der Waals surface area contributed by atoms with E-state index in [2.05, 4.69) is 10.4 Å². The topological polar surface area (TPSA) is 50.1 Å². The van der Waals surface area contributed by atoms with E-state index in [0.29, 0.717) is 12.0 Å². The minimum atomic E-state index is 0.314. The second-order valence-electron chi connectivity index (χ2n) is 4.95. The van der Waals surface area contributed by atoms with Crippen LogP contribution in [0.2, 0.25) is 0 Å². The molecule has 0 saturated heterocycles. The van der Waals surface area contributed by atoms with E-state index in [1.807, 2.05) is 24.1 Å². The van der Waals surface area contributed by atoms with Crippen LogP contribution in [0.3, 0.4) is 0 Å². The lowest BCUT2D eigenvalue weighted by atomic mass is 9.67. The zero-order chi connectivity index (χ0) is 11.4. The first kappa shape index (κ1) is 11.6. The fourth-order valence-corrected chi connectivity index (χ4v) is 2.46. The number of hydrogen-bond donors (Lipinski definition) is 2. The highest BCUT2D eigenvalue weighted by Crippen LogP contribution is 2.43. The Morgan fingerprint density at radius 2 is 2.38 bits per heavy atom. The van der Waals surface area contributed by atoms with Crippen LogP contribution in [0.1, 0.15) is 31.2 Å². The van der Waals surface area contributed by atoms with E-state index in [1.165, 1.54) is 24.8 Å². The number of nitrogens with one attached hydrogen (secondary N) is 1. The average molecular weight is 223 g/mol. The highest BCUT2D eigenvalue weighted by molar-refractivity contribution is 5.03. The van der Waals surface area contributed by atoms with Crippen molar-refractivity contribution in [3.8, 4) is 0 Å². The van der Waals surface area contributed by atoms with E-state index in [9.17, 15) is 0 Å². The summed E-state index contributed by atoms with van der Waals surface area (Å²) in [5.74, 6) is 0. The Hall–Kier alpha value is -0.870. The summed E-state index contributed by atoms with van der Waals surface area (Å²) in [7, 11) is 1.93. The second-order valence-corrected chi connectivity index (χ2v) is 4.95. The summed E-state index contributed by atoms with van der Waals surface area (Å²) in [5.41, 5.74) is 1.60. The minimum Gasteiger partial charge on any atom is -0.396 e. The summed E-state index contributed by atoms with van der Waals surface area (Å²) < 4.78 is 1.82. The maximum absolute atomic E-state index is 9.05. The number of rotatable bonds is 6. The zero-order valence-electron chi connectivity index (χ0n) is 9.95. The molecule has 1 aromatic rings. The predicted octanol–water partition coefficient (Wildman–Crippen LogP) is 1.06. The van der Waals surface area contributed by atoms with Crippen molar-refractivity contribution in [1.82, 2.24) is 15.1 Å². The summed E-state index contributed by atoms with van der Waals surface area (Å²) in [6.45, 7) is 2.21. The Bertz CT molecular complexity index is 331. The fourth-order valence-electron chi connectivity index (χ4n) is 2.46. The molecule has 1 fully saturated rings. The van der Waals surface area contributed by atoms with E-state index >= 15 is 0 Å². The molecule has 4 nitrogen and oxygen atoms in total. The first-order valence-electron chi connectivity index (χ1n) is 6.03. The molecule has 0 aliphatic heterocycles. The summed E-state index contributed by atoms with van der Waals surface area (Å²) in [6.07, 6.45) is 8.70. The Labute approximate surface area is 96.7 Å². The standard InChI is InChI=1S/C12H21N3O/c1-15-9-11(8-14-15)7-13-10-12(5-6-16)3-2-4-12/h8-9,13,16H,2-7,10H2,1H3. The largest absolute Gasteiger partial charge is 0.396 e. The zero-order valence-corrected chi connectivity index (χ0v) is 9.95. The highest BCUT2D eigenvalue weighted by Gasteiger charge is 2.35. The number of aliphatic hydroxyl groups is 1. The summed E-state index contributed by atoms with van der Waals surface area (Å²) in [4.78, 5) is 0. The number of aryl methyl sites for hydroxylation is 1. The van der Waals surface area contributed by atoms with E-state index in [-0.39, 0.29) is 0 Å². The van der Waals surface area contributed by atoms with Crippen molar-refractivity contribution >= 4 is 0 Å². The van der Waals surface area contributed by atoms with Gasteiger partial charge in [0.15, 0.2) is 0 Å². The Morgan fingerprint density at radius 3 is 2.88 bits per heavy atom. The van der Waals surface area contributed by atoms with Gasteiger partial charge in [-0.2, -0.15) is 5.10 Å². The lowest BCUT2D eigenvalue weighted by Crippen LogP contribution is -2.40. The molecule has 0 bridgehead atoms. The van der Waals surface area contributed by atoms with Gasteiger partial charge in [0.2, 0.25) is 0 Å². The van der Waals surface area contributed by atoms with Gasteiger partial charge < -0.3 is 10.4 Å². The molecule has 1 heterocycles. The van der Waals surface area contributed by atoms with Gasteiger partial charge in [0.1, 0.15) is 0 Å². The lowest BCUT2D eigenvalue weighted by molar-refractivity contribution is 0.0859. The minimum absolute atomic E-state index is 0.314. The van der Waals surface area contributed by atoms with Crippen LogP contribution in [-0.2, 0) is 13.6 Å². The molecule has 90 valence electrons.